The Labute approximate surface area is 176 Å². The number of methoxy groups -OCH3 is 1. The summed E-state index contributed by atoms with van der Waals surface area (Å²) in [4.78, 5) is 25.3. The Kier molecular flexibility index (Phi) is 6.59. The molecule has 0 saturated carbocycles. The highest BCUT2D eigenvalue weighted by Gasteiger charge is 2.17. The van der Waals surface area contributed by atoms with Gasteiger partial charge in [0.2, 0.25) is 5.91 Å². The van der Waals surface area contributed by atoms with Gasteiger partial charge in [-0.25, -0.2) is 0 Å². The van der Waals surface area contributed by atoms with E-state index in [0.717, 1.165) is 23.4 Å². The van der Waals surface area contributed by atoms with Crippen LogP contribution in [0.4, 0.5) is 0 Å². The van der Waals surface area contributed by atoms with Gasteiger partial charge in [-0.1, -0.05) is 26.0 Å². The van der Waals surface area contributed by atoms with Gasteiger partial charge in [-0.15, -0.1) is 0 Å². The van der Waals surface area contributed by atoms with Gasteiger partial charge in [-0.2, -0.15) is 9.61 Å². The number of rotatable bonds is 8. The molecule has 0 atom stereocenters. The summed E-state index contributed by atoms with van der Waals surface area (Å²) in [5.74, 6) is 1.24. The minimum Gasteiger partial charge on any atom is -0.497 e. The molecule has 0 radical (unpaired) electrons. The van der Waals surface area contributed by atoms with Crippen LogP contribution in [0.2, 0.25) is 0 Å². The third-order valence-corrected chi connectivity index (χ3v) is 5.44. The Morgan fingerprint density at radius 1 is 1.27 bits per heavy atom. The maximum absolute atomic E-state index is 13.1. The van der Waals surface area contributed by atoms with Crippen LogP contribution in [-0.4, -0.2) is 33.7 Å². The molecule has 0 aliphatic carbocycles. The van der Waals surface area contributed by atoms with Crippen LogP contribution < -0.4 is 15.6 Å². The standard InChI is InChI=1S/C23H30N4O3/c1-15(2)11-12-24-21(28)10-9-19-16(3)26(4)22-14-20(25-27(22)23(19)29)17-7-6-8-18(13-17)30-5/h6-8,13-15H,9-12H2,1-5H3,(H,24,28). The average molecular weight is 411 g/mol. The molecule has 0 unspecified atom stereocenters. The minimum atomic E-state index is -0.176. The monoisotopic (exact) mass is 410 g/mol. The lowest BCUT2D eigenvalue weighted by Gasteiger charge is -2.12. The molecule has 160 valence electrons. The van der Waals surface area contributed by atoms with Gasteiger partial charge in [0, 0.05) is 42.9 Å². The molecule has 7 heteroatoms. The van der Waals surface area contributed by atoms with Gasteiger partial charge in [0.15, 0.2) is 0 Å². The average Bonchev–Trinajstić information content (AvgIpc) is 3.18. The van der Waals surface area contributed by atoms with E-state index in [1.54, 1.807) is 7.11 Å². The number of nitrogens with one attached hydrogen (secondary N) is 1. The molecule has 0 saturated heterocycles. The number of ether oxygens (including phenoxy) is 1. The number of carbonyl (C=O) groups excluding carboxylic acids is 1. The molecule has 7 nitrogen and oxygen atoms in total. The lowest BCUT2D eigenvalue weighted by Crippen LogP contribution is -2.28. The van der Waals surface area contributed by atoms with Crippen molar-refractivity contribution in [1.82, 2.24) is 19.5 Å². The molecule has 0 aliphatic heterocycles. The fraction of sp³-hybridized carbons (Fsp3) is 0.435. The second kappa shape index (κ2) is 9.15. The van der Waals surface area contributed by atoms with E-state index in [1.807, 2.05) is 48.9 Å². The summed E-state index contributed by atoms with van der Waals surface area (Å²) < 4.78 is 8.66. The molecule has 3 aromatic rings. The number of aryl methyl sites for hydroxylation is 1. The zero-order valence-corrected chi connectivity index (χ0v) is 18.4. The topological polar surface area (TPSA) is 77.6 Å². The summed E-state index contributed by atoms with van der Waals surface area (Å²) in [6.45, 7) is 6.82. The van der Waals surface area contributed by atoms with Gasteiger partial charge in [0.05, 0.1) is 12.8 Å². The van der Waals surface area contributed by atoms with Crippen molar-refractivity contribution in [3.63, 3.8) is 0 Å². The van der Waals surface area contributed by atoms with Crippen LogP contribution in [0.1, 0.15) is 37.9 Å². The molecular weight excluding hydrogens is 380 g/mol. The highest BCUT2D eigenvalue weighted by molar-refractivity contribution is 5.76. The highest BCUT2D eigenvalue weighted by atomic mass is 16.5. The van der Waals surface area contributed by atoms with Crippen molar-refractivity contribution in [3.8, 4) is 17.0 Å². The molecule has 2 heterocycles. The van der Waals surface area contributed by atoms with Crippen molar-refractivity contribution in [2.75, 3.05) is 13.7 Å². The van der Waals surface area contributed by atoms with E-state index >= 15 is 0 Å². The van der Waals surface area contributed by atoms with E-state index in [1.165, 1.54) is 4.52 Å². The highest BCUT2D eigenvalue weighted by Crippen LogP contribution is 2.24. The Morgan fingerprint density at radius 2 is 2.03 bits per heavy atom. The van der Waals surface area contributed by atoms with Crippen molar-refractivity contribution in [2.24, 2.45) is 13.0 Å². The summed E-state index contributed by atoms with van der Waals surface area (Å²) in [6.07, 6.45) is 1.61. The smallest absolute Gasteiger partial charge is 0.277 e. The quantitative estimate of drug-likeness (QED) is 0.619. The van der Waals surface area contributed by atoms with Crippen LogP contribution in [0.15, 0.2) is 35.1 Å². The van der Waals surface area contributed by atoms with Crippen LogP contribution in [0.3, 0.4) is 0 Å². The molecular formula is C23H30N4O3. The van der Waals surface area contributed by atoms with Crippen LogP contribution in [0.25, 0.3) is 16.9 Å². The van der Waals surface area contributed by atoms with Gasteiger partial charge in [0.1, 0.15) is 11.4 Å². The summed E-state index contributed by atoms with van der Waals surface area (Å²) in [5, 5.41) is 7.47. The third kappa shape index (κ3) is 4.56. The van der Waals surface area contributed by atoms with Crippen molar-refractivity contribution in [1.29, 1.82) is 0 Å². The van der Waals surface area contributed by atoms with E-state index < -0.39 is 0 Å². The molecule has 30 heavy (non-hydrogen) atoms. The number of aromatic nitrogens is 3. The molecule has 0 spiro atoms. The van der Waals surface area contributed by atoms with Crippen LogP contribution in [0.5, 0.6) is 5.75 Å². The van der Waals surface area contributed by atoms with E-state index in [-0.39, 0.29) is 17.9 Å². The second-order valence-corrected chi connectivity index (χ2v) is 7.99. The first-order valence-electron chi connectivity index (χ1n) is 10.3. The Morgan fingerprint density at radius 3 is 2.73 bits per heavy atom. The first-order chi connectivity index (χ1) is 14.3. The zero-order chi connectivity index (χ0) is 21.8. The molecule has 2 aromatic heterocycles. The lowest BCUT2D eigenvalue weighted by molar-refractivity contribution is -0.121. The number of hydrogen-bond donors (Lipinski definition) is 1. The summed E-state index contributed by atoms with van der Waals surface area (Å²) in [5.41, 5.74) is 3.57. The number of carbonyl (C=O) groups is 1. The second-order valence-electron chi connectivity index (χ2n) is 7.99. The summed E-state index contributed by atoms with van der Waals surface area (Å²) in [6, 6.07) is 9.48. The zero-order valence-electron chi connectivity index (χ0n) is 18.4. The van der Waals surface area contributed by atoms with E-state index in [0.29, 0.717) is 35.8 Å². The van der Waals surface area contributed by atoms with Gasteiger partial charge in [-0.05, 0) is 37.8 Å². The van der Waals surface area contributed by atoms with Crippen LogP contribution in [0, 0.1) is 12.8 Å². The Bertz CT molecular complexity index is 1110. The van der Waals surface area contributed by atoms with Crippen molar-refractivity contribution >= 4 is 11.6 Å². The SMILES string of the molecule is COc1cccc(-c2cc3n(C)c(C)c(CCC(=O)NCCC(C)C)c(=O)n3n2)c1. The largest absolute Gasteiger partial charge is 0.497 e. The number of amides is 1. The molecule has 1 aromatic carbocycles. The van der Waals surface area contributed by atoms with Gasteiger partial charge in [-0.3, -0.25) is 9.59 Å². The predicted octanol–water partition coefficient (Wildman–Crippen LogP) is 3.11. The maximum atomic E-state index is 13.1. The normalized spacial score (nSPS) is 11.3. The molecule has 3 rings (SSSR count). The predicted molar refractivity (Wildman–Crippen MR) is 118 cm³/mol. The fourth-order valence-corrected chi connectivity index (χ4v) is 3.45. The molecule has 0 aliphatic rings. The van der Waals surface area contributed by atoms with Crippen LogP contribution in [-0.2, 0) is 18.3 Å². The van der Waals surface area contributed by atoms with Gasteiger partial charge >= 0.3 is 0 Å². The molecule has 0 fully saturated rings. The number of benzene rings is 1. The minimum absolute atomic E-state index is 0.0327. The van der Waals surface area contributed by atoms with Crippen LogP contribution >= 0.6 is 0 Å². The Hall–Kier alpha value is -3.09. The third-order valence-electron chi connectivity index (χ3n) is 5.44. The lowest BCUT2D eigenvalue weighted by atomic mass is 10.1. The van der Waals surface area contributed by atoms with E-state index in [4.69, 9.17) is 4.74 Å². The molecule has 1 N–H and O–H groups in total. The van der Waals surface area contributed by atoms with Gasteiger partial charge in [0.25, 0.3) is 5.56 Å². The molecule has 1 amide bonds. The number of hydrogen-bond acceptors (Lipinski definition) is 4. The number of nitrogens with zero attached hydrogens (tertiary/aromatic N) is 3. The summed E-state index contributed by atoms with van der Waals surface area (Å²) in [7, 11) is 3.53. The van der Waals surface area contributed by atoms with Crippen molar-refractivity contribution in [3.05, 3.63) is 51.9 Å². The maximum Gasteiger partial charge on any atom is 0.277 e. The van der Waals surface area contributed by atoms with Gasteiger partial charge < -0.3 is 14.6 Å². The first-order valence-corrected chi connectivity index (χ1v) is 10.3. The molecule has 0 bridgehead atoms. The Balaban J connectivity index is 1.88. The fourth-order valence-electron chi connectivity index (χ4n) is 3.45. The van der Waals surface area contributed by atoms with E-state index in [2.05, 4.69) is 24.3 Å². The number of fused-ring (bicyclic) bond motifs is 1. The van der Waals surface area contributed by atoms with Crippen molar-refractivity contribution < 1.29 is 9.53 Å². The van der Waals surface area contributed by atoms with E-state index in [9.17, 15) is 9.59 Å². The first kappa shape index (κ1) is 21.6. The van der Waals surface area contributed by atoms with Crippen molar-refractivity contribution in [2.45, 2.75) is 40.0 Å². The summed E-state index contributed by atoms with van der Waals surface area (Å²) >= 11 is 0.